The van der Waals surface area contributed by atoms with Gasteiger partial charge in [0.15, 0.2) is 0 Å². The van der Waals surface area contributed by atoms with Gasteiger partial charge < -0.3 is 23.7 Å². The maximum atomic E-state index is 10.4. The zero-order valence-corrected chi connectivity index (χ0v) is 9.91. The quantitative estimate of drug-likeness (QED) is 0.621. The van der Waals surface area contributed by atoms with Gasteiger partial charge in [0.25, 0.3) is 6.47 Å². The van der Waals surface area contributed by atoms with E-state index >= 15 is 0 Å². The van der Waals surface area contributed by atoms with Crippen LogP contribution in [0.4, 0.5) is 0 Å². The highest BCUT2D eigenvalue weighted by Gasteiger charge is 2.46. The minimum atomic E-state index is -0.770. The van der Waals surface area contributed by atoms with Gasteiger partial charge in [-0.05, 0) is 6.92 Å². The van der Waals surface area contributed by atoms with E-state index in [0.29, 0.717) is 6.47 Å². The molecular formula is C10H18O6. The molecule has 1 aliphatic rings. The van der Waals surface area contributed by atoms with Crippen molar-refractivity contribution in [3.8, 4) is 0 Å². The maximum Gasteiger partial charge on any atom is 0.295 e. The molecule has 0 aliphatic carbocycles. The average Bonchev–Trinajstić information content (AvgIpc) is 2.28. The molecule has 5 atom stereocenters. The van der Waals surface area contributed by atoms with Crippen LogP contribution in [0.2, 0.25) is 0 Å². The predicted octanol–water partition coefficient (Wildman–Crippen LogP) is -0.0508. The van der Waals surface area contributed by atoms with Crippen LogP contribution in [-0.2, 0) is 28.5 Å². The zero-order chi connectivity index (χ0) is 12.1. The first-order chi connectivity index (χ1) is 7.69. The minimum absolute atomic E-state index is 0.244. The van der Waals surface area contributed by atoms with Crippen LogP contribution in [0.3, 0.4) is 0 Å². The molecule has 0 amide bonds. The van der Waals surface area contributed by atoms with E-state index in [-0.39, 0.29) is 18.3 Å². The van der Waals surface area contributed by atoms with Gasteiger partial charge in [-0.25, -0.2) is 0 Å². The van der Waals surface area contributed by atoms with Gasteiger partial charge in [0.05, 0.1) is 6.10 Å². The molecule has 6 heteroatoms. The molecule has 0 aromatic carbocycles. The van der Waals surface area contributed by atoms with Crippen molar-refractivity contribution < 1.29 is 28.5 Å². The number of carbonyl (C=O) groups is 1. The van der Waals surface area contributed by atoms with Crippen molar-refractivity contribution in [1.29, 1.82) is 0 Å². The highest BCUT2D eigenvalue weighted by molar-refractivity contribution is 5.37. The summed E-state index contributed by atoms with van der Waals surface area (Å²) in [5.41, 5.74) is 0. The Bertz CT molecular complexity index is 221. The Balaban J connectivity index is 2.82. The summed E-state index contributed by atoms with van der Waals surface area (Å²) in [5, 5.41) is 0. The third-order valence-electron chi connectivity index (χ3n) is 2.73. The maximum absolute atomic E-state index is 10.4. The molecule has 0 saturated carbocycles. The number of ether oxygens (including phenoxy) is 5. The van der Waals surface area contributed by atoms with Crippen molar-refractivity contribution in [3.63, 3.8) is 0 Å². The summed E-state index contributed by atoms with van der Waals surface area (Å²) in [4.78, 5) is 10.4. The van der Waals surface area contributed by atoms with E-state index in [0.717, 1.165) is 0 Å². The molecule has 1 rings (SSSR count). The molecule has 94 valence electrons. The molecule has 1 aliphatic heterocycles. The summed E-state index contributed by atoms with van der Waals surface area (Å²) in [6.07, 6.45) is -2.12. The summed E-state index contributed by atoms with van der Waals surface area (Å²) in [5.74, 6) is 0. The highest BCUT2D eigenvalue weighted by Crippen LogP contribution is 2.26. The lowest BCUT2D eigenvalue weighted by Crippen LogP contribution is -2.59. The van der Waals surface area contributed by atoms with Crippen LogP contribution in [0.15, 0.2) is 0 Å². The molecular weight excluding hydrogens is 216 g/mol. The molecule has 0 spiro atoms. The first-order valence-corrected chi connectivity index (χ1v) is 5.02. The second-order valence-corrected chi connectivity index (χ2v) is 3.54. The van der Waals surface area contributed by atoms with Crippen molar-refractivity contribution in [1.82, 2.24) is 0 Å². The monoisotopic (exact) mass is 234 g/mol. The number of carbonyl (C=O) groups excluding carboxylic acids is 1. The second kappa shape index (κ2) is 6.15. The Morgan fingerprint density at radius 2 is 1.56 bits per heavy atom. The fourth-order valence-electron chi connectivity index (χ4n) is 1.98. The zero-order valence-electron chi connectivity index (χ0n) is 9.91. The fraction of sp³-hybridized carbons (Fsp3) is 0.900. The summed E-state index contributed by atoms with van der Waals surface area (Å²) in [6.45, 7) is 2.16. The first-order valence-electron chi connectivity index (χ1n) is 5.02. The van der Waals surface area contributed by atoms with E-state index in [9.17, 15) is 4.79 Å². The molecule has 16 heavy (non-hydrogen) atoms. The smallest absolute Gasteiger partial charge is 0.295 e. The molecule has 0 aromatic heterocycles. The average molecular weight is 234 g/mol. The van der Waals surface area contributed by atoms with E-state index in [4.69, 9.17) is 23.7 Å². The molecule has 0 unspecified atom stereocenters. The SMILES string of the molecule is CO[C@@H]1[C@@H](OC)[C@H](C)O[C@@H](OC=O)[C@@H]1OC. The number of hydrogen-bond acceptors (Lipinski definition) is 6. The van der Waals surface area contributed by atoms with Gasteiger partial charge in [-0.1, -0.05) is 0 Å². The first kappa shape index (κ1) is 13.4. The van der Waals surface area contributed by atoms with Crippen LogP contribution >= 0.6 is 0 Å². The standard InChI is InChI=1S/C10H18O6/c1-6-7(12-2)8(13-3)9(14-4)10(16-6)15-5-11/h5-10H,1-4H3/t6-,7-,8+,9+,10+/m0/s1. The summed E-state index contributed by atoms with van der Waals surface area (Å²) in [7, 11) is 4.63. The summed E-state index contributed by atoms with van der Waals surface area (Å²) >= 11 is 0. The van der Waals surface area contributed by atoms with Gasteiger partial charge >= 0.3 is 0 Å². The van der Waals surface area contributed by atoms with Gasteiger partial charge in [0.2, 0.25) is 6.29 Å². The predicted molar refractivity (Wildman–Crippen MR) is 53.9 cm³/mol. The Morgan fingerprint density at radius 3 is 2.00 bits per heavy atom. The number of hydrogen-bond donors (Lipinski definition) is 0. The third-order valence-corrected chi connectivity index (χ3v) is 2.73. The molecule has 1 fully saturated rings. The Morgan fingerprint density at radius 1 is 1.00 bits per heavy atom. The molecule has 1 heterocycles. The largest absolute Gasteiger partial charge is 0.435 e. The Labute approximate surface area is 94.7 Å². The van der Waals surface area contributed by atoms with Crippen LogP contribution in [0.25, 0.3) is 0 Å². The molecule has 0 bridgehead atoms. The summed E-state index contributed by atoms with van der Waals surface area (Å²) < 4.78 is 26.1. The number of methoxy groups -OCH3 is 3. The lowest BCUT2D eigenvalue weighted by Gasteiger charge is -2.42. The van der Waals surface area contributed by atoms with E-state index in [1.165, 1.54) is 7.11 Å². The topological polar surface area (TPSA) is 63.2 Å². The molecule has 1 saturated heterocycles. The lowest BCUT2D eigenvalue weighted by atomic mass is 9.99. The lowest BCUT2D eigenvalue weighted by molar-refractivity contribution is -0.293. The molecule has 6 nitrogen and oxygen atoms in total. The van der Waals surface area contributed by atoms with Crippen LogP contribution in [-0.4, -0.2) is 58.5 Å². The van der Waals surface area contributed by atoms with Gasteiger partial charge in [-0.3, -0.25) is 4.79 Å². The van der Waals surface area contributed by atoms with Crippen molar-refractivity contribution in [2.45, 2.75) is 37.6 Å². The molecule has 0 radical (unpaired) electrons. The summed E-state index contributed by atoms with van der Waals surface area (Å²) in [6, 6.07) is 0. The van der Waals surface area contributed by atoms with Crippen molar-refractivity contribution in [2.75, 3.05) is 21.3 Å². The normalized spacial score (nSPS) is 39.4. The minimum Gasteiger partial charge on any atom is -0.435 e. The van der Waals surface area contributed by atoms with Crippen molar-refractivity contribution >= 4 is 6.47 Å². The fourth-order valence-corrected chi connectivity index (χ4v) is 1.98. The van der Waals surface area contributed by atoms with E-state index in [1.54, 1.807) is 14.2 Å². The van der Waals surface area contributed by atoms with Gasteiger partial charge in [0, 0.05) is 21.3 Å². The van der Waals surface area contributed by atoms with Crippen LogP contribution in [0.5, 0.6) is 0 Å². The van der Waals surface area contributed by atoms with Crippen molar-refractivity contribution in [2.24, 2.45) is 0 Å². The van der Waals surface area contributed by atoms with Crippen LogP contribution < -0.4 is 0 Å². The van der Waals surface area contributed by atoms with E-state index in [1.807, 2.05) is 6.92 Å². The van der Waals surface area contributed by atoms with Gasteiger partial charge in [-0.15, -0.1) is 0 Å². The molecule has 0 aromatic rings. The number of rotatable bonds is 5. The van der Waals surface area contributed by atoms with Crippen molar-refractivity contribution in [3.05, 3.63) is 0 Å². The van der Waals surface area contributed by atoms with Gasteiger partial charge in [-0.2, -0.15) is 0 Å². The van der Waals surface area contributed by atoms with E-state index in [2.05, 4.69) is 0 Å². The highest BCUT2D eigenvalue weighted by atomic mass is 16.7. The third kappa shape index (κ3) is 2.52. The van der Waals surface area contributed by atoms with Crippen LogP contribution in [0.1, 0.15) is 6.92 Å². The van der Waals surface area contributed by atoms with Crippen LogP contribution in [0, 0.1) is 0 Å². The Hall–Kier alpha value is -0.690. The van der Waals surface area contributed by atoms with Gasteiger partial charge in [0.1, 0.15) is 18.3 Å². The molecule has 0 N–H and O–H groups in total. The second-order valence-electron chi connectivity index (χ2n) is 3.54. The van der Waals surface area contributed by atoms with E-state index < -0.39 is 12.4 Å². The Kier molecular flexibility index (Phi) is 5.14.